The average molecular weight is 281 g/mol. The third-order valence-electron chi connectivity index (χ3n) is 3.29. The molecule has 0 saturated carbocycles. The number of hydrogen-bond donors (Lipinski definition) is 1. The molecule has 0 amide bonds. The maximum absolute atomic E-state index is 11.6. The van der Waals surface area contributed by atoms with Crippen molar-refractivity contribution in [3.8, 4) is 0 Å². The molecule has 6 nitrogen and oxygen atoms in total. The number of carboxylic acids is 1. The van der Waals surface area contributed by atoms with Crippen molar-refractivity contribution >= 4 is 11.8 Å². The molecule has 0 saturated heterocycles. The summed E-state index contributed by atoms with van der Waals surface area (Å²) in [6.45, 7) is 7.63. The first-order valence-corrected chi connectivity index (χ1v) is 6.96. The molecule has 1 N–H and O–H groups in total. The fourth-order valence-corrected chi connectivity index (χ4v) is 2.22. The molecule has 0 spiro atoms. The quantitative estimate of drug-likeness (QED) is 0.782. The van der Waals surface area contributed by atoms with Crippen molar-refractivity contribution in [2.24, 2.45) is 0 Å². The molecule has 0 aliphatic heterocycles. The highest BCUT2D eigenvalue weighted by atomic mass is 16.5. The Kier molecular flexibility index (Phi) is 6.38. The van der Waals surface area contributed by atoms with Crippen LogP contribution in [0.3, 0.4) is 0 Å². The van der Waals surface area contributed by atoms with Crippen molar-refractivity contribution < 1.29 is 14.6 Å². The van der Waals surface area contributed by atoms with E-state index in [1.807, 2.05) is 25.7 Å². The van der Waals surface area contributed by atoms with Gasteiger partial charge in [0.05, 0.1) is 12.3 Å². The number of carboxylic acid groups (broad SMARTS) is 1. The molecular formula is C14H23N3O3. The van der Waals surface area contributed by atoms with E-state index in [0.717, 1.165) is 11.3 Å². The van der Waals surface area contributed by atoms with E-state index < -0.39 is 5.97 Å². The minimum atomic E-state index is -0.947. The van der Waals surface area contributed by atoms with Crippen molar-refractivity contribution in [2.75, 3.05) is 31.7 Å². The van der Waals surface area contributed by atoms with Crippen LogP contribution in [0.15, 0.2) is 0 Å². The summed E-state index contributed by atoms with van der Waals surface area (Å²) in [5.74, 6) is -0.511. The Morgan fingerprint density at radius 1 is 1.25 bits per heavy atom. The number of likely N-dealkylation sites (N-methyl/N-ethyl adjacent to an activating group) is 1. The average Bonchev–Trinajstić information content (AvgIpc) is 2.46. The Hall–Kier alpha value is -1.69. The highest BCUT2D eigenvalue weighted by molar-refractivity contribution is 5.95. The summed E-state index contributed by atoms with van der Waals surface area (Å²) < 4.78 is 5.06. The molecule has 0 aliphatic rings. The molecule has 0 aliphatic carbocycles. The van der Waals surface area contributed by atoms with Gasteiger partial charge < -0.3 is 14.7 Å². The van der Waals surface area contributed by atoms with Gasteiger partial charge in [0.2, 0.25) is 0 Å². The standard InChI is InChI=1S/C14H23N3O3/c1-5-10-11(6-2)15-16-13(12(10)14(18)19)17(7-3)8-9-20-4/h5-9H2,1-4H3,(H,18,19). The smallest absolute Gasteiger partial charge is 0.339 e. The van der Waals surface area contributed by atoms with Crippen LogP contribution in [0.4, 0.5) is 5.82 Å². The molecule has 112 valence electrons. The Labute approximate surface area is 119 Å². The third-order valence-corrected chi connectivity index (χ3v) is 3.29. The van der Waals surface area contributed by atoms with Crippen LogP contribution >= 0.6 is 0 Å². The highest BCUT2D eigenvalue weighted by Gasteiger charge is 2.23. The van der Waals surface area contributed by atoms with Crippen molar-refractivity contribution in [3.05, 3.63) is 16.8 Å². The van der Waals surface area contributed by atoms with E-state index in [1.165, 1.54) is 0 Å². The number of aromatic nitrogens is 2. The van der Waals surface area contributed by atoms with Crippen molar-refractivity contribution in [1.29, 1.82) is 0 Å². The molecular weight excluding hydrogens is 258 g/mol. The van der Waals surface area contributed by atoms with Crippen LogP contribution in [0.25, 0.3) is 0 Å². The van der Waals surface area contributed by atoms with Gasteiger partial charge in [0.25, 0.3) is 0 Å². The van der Waals surface area contributed by atoms with Gasteiger partial charge in [0.15, 0.2) is 5.82 Å². The Balaban J connectivity index is 3.34. The predicted molar refractivity (Wildman–Crippen MR) is 77.5 cm³/mol. The van der Waals surface area contributed by atoms with E-state index >= 15 is 0 Å². The van der Waals surface area contributed by atoms with Gasteiger partial charge in [-0.25, -0.2) is 4.79 Å². The van der Waals surface area contributed by atoms with Gasteiger partial charge in [-0.1, -0.05) is 13.8 Å². The largest absolute Gasteiger partial charge is 0.478 e. The third kappa shape index (κ3) is 3.45. The first-order chi connectivity index (χ1) is 9.60. The van der Waals surface area contributed by atoms with E-state index in [1.54, 1.807) is 7.11 Å². The fourth-order valence-electron chi connectivity index (χ4n) is 2.22. The number of ether oxygens (including phenoxy) is 1. The summed E-state index contributed by atoms with van der Waals surface area (Å²) in [6.07, 6.45) is 1.32. The zero-order valence-electron chi connectivity index (χ0n) is 12.6. The molecule has 6 heteroatoms. The normalized spacial score (nSPS) is 10.6. The lowest BCUT2D eigenvalue weighted by Crippen LogP contribution is -2.30. The number of hydrogen-bond acceptors (Lipinski definition) is 5. The van der Waals surface area contributed by atoms with Gasteiger partial charge in [-0.2, -0.15) is 5.10 Å². The Bertz CT molecular complexity index is 463. The van der Waals surface area contributed by atoms with Gasteiger partial charge in [-0.15, -0.1) is 5.10 Å². The summed E-state index contributed by atoms with van der Waals surface area (Å²) in [7, 11) is 1.62. The molecule has 20 heavy (non-hydrogen) atoms. The number of methoxy groups -OCH3 is 1. The van der Waals surface area contributed by atoms with Crippen molar-refractivity contribution in [1.82, 2.24) is 10.2 Å². The molecule has 1 rings (SSSR count). The van der Waals surface area contributed by atoms with E-state index in [4.69, 9.17) is 4.74 Å². The number of anilines is 1. The van der Waals surface area contributed by atoms with Crippen LogP contribution < -0.4 is 4.90 Å². The number of nitrogens with zero attached hydrogens (tertiary/aromatic N) is 3. The molecule has 1 heterocycles. The number of aromatic carboxylic acids is 1. The lowest BCUT2D eigenvalue weighted by atomic mass is 10.0. The highest BCUT2D eigenvalue weighted by Crippen LogP contribution is 2.24. The first-order valence-electron chi connectivity index (χ1n) is 6.96. The van der Waals surface area contributed by atoms with Gasteiger partial charge in [-0.3, -0.25) is 0 Å². The molecule has 0 aromatic carbocycles. The molecule has 0 unspecified atom stereocenters. The Morgan fingerprint density at radius 3 is 2.40 bits per heavy atom. The topological polar surface area (TPSA) is 75.5 Å². The van der Waals surface area contributed by atoms with Crippen molar-refractivity contribution in [2.45, 2.75) is 33.6 Å². The lowest BCUT2D eigenvalue weighted by molar-refractivity contribution is 0.0695. The molecule has 1 aromatic rings. The second-order valence-electron chi connectivity index (χ2n) is 4.41. The van der Waals surface area contributed by atoms with Crippen LogP contribution in [0.5, 0.6) is 0 Å². The summed E-state index contributed by atoms with van der Waals surface area (Å²) >= 11 is 0. The van der Waals surface area contributed by atoms with Gasteiger partial charge in [0.1, 0.15) is 5.56 Å². The zero-order chi connectivity index (χ0) is 15.1. The number of rotatable bonds is 8. The van der Waals surface area contributed by atoms with Gasteiger partial charge >= 0.3 is 5.97 Å². The van der Waals surface area contributed by atoms with E-state index in [-0.39, 0.29) is 5.56 Å². The van der Waals surface area contributed by atoms with Crippen LogP contribution in [0.1, 0.15) is 42.4 Å². The SMILES string of the molecule is CCc1nnc(N(CC)CCOC)c(C(=O)O)c1CC. The van der Waals surface area contributed by atoms with E-state index in [2.05, 4.69) is 10.2 Å². The maximum atomic E-state index is 11.6. The number of carbonyl (C=O) groups is 1. The second kappa shape index (κ2) is 7.79. The summed E-state index contributed by atoms with van der Waals surface area (Å²) in [4.78, 5) is 13.5. The van der Waals surface area contributed by atoms with E-state index in [0.29, 0.717) is 38.4 Å². The number of aryl methyl sites for hydroxylation is 1. The molecule has 0 atom stereocenters. The van der Waals surface area contributed by atoms with Gasteiger partial charge in [-0.05, 0) is 25.3 Å². The van der Waals surface area contributed by atoms with Crippen LogP contribution in [0.2, 0.25) is 0 Å². The summed E-state index contributed by atoms with van der Waals surface area (Å²) in [5.41, 5.74) is 1.81. The molecule has 0 fully saturated rings. The second-order valence-corrected chi connectivity index (χ2v) is 4.41. The van der Waals surface area contributed by atoms with Crippen LogP contribution in [-0.2, 0) is 17.6 Å². The lowest BCUT2D eigenvalue weighted by Gasteiger charge is -2.24. The fraction of sp³-hybridized carbons (Fsp3) is 0.643. The zero-order valence-corrected chi connectivity index (χ0v) is 12.6. The first kappa shape index (κ1) is 16.4. The Morgan fingerprint density at radius 2 is 1.95 bits per heavy atom. The minimum Gasteiger partial charge on any atom is -0.478 e. The molecule has 0 radical (unpaired) electrons. The molecule has 0 bridgehead atoms. The van der Waals surface area contributed by atoms with Gasteiger partial charge in [0, 0.05) is 20.2 Å². The maximum Gasteiger partial charge on any atom is 0.339 e. The van der Waals surface area contributed by atoms with Crippen molar-refractivity contribution in [3.63, 3.8) is 0 Å². The molecule has 1 aromatic heterocycles. The van der Waals surface area contributed by atoms with E-state index in [9.17, 15) is 9.90 Å². The van der Waals surface area contributed by atoms with Crippen LogP contribution in [-0.4, -0.2) is 48.1 Å². The summed E-state index contributed by atoms with van der Waals surface area (Å²) in [5, 5.41) is 17.9. The summed E-state index contributed by atoms with van der Waals surface area (Å²) in [6, 6.07) is 0. The monoisotopic (exact) mass is 281 g/mol. The minimum absolute atomic E-state index is 0.275. The predicted octanol–water partition coefficient (Wildman–Crippen LogP) is 1.77. The van der Waals surface area contributed by atoms with Crippen LogP contribution in [0, 0.1) is 0 Å².